The largest absolute Gasteiger partial charge is 0.484 e. The molecule has 0 aliphatic rings. The highest BCUT2D eigenvalue weighted by molar-refractivity contribution is 5.79. The molecule has 0 aliphatic carbocycles. The molecule has 170 valence electrons. The fourth-order valence-corrected chi connectivity index (χ4v) is 3.06. The monoisotopic (exact) mass is 445 g/mol. The van der Waals surface area contributed by atoms with E-state index in [9.17, 15) is 13.2 Å². The standard InChI is InChI=1S/C23H26F3N5O/c1-27-22(30-15-18-7-9-20(10-8-18)32-17-23(24,25)26)29-12-11-21-28-13-14-31(21)16-19-5-3-2-4-6-19/h2-10,13-14H,11-12,15-17H2,1H3,(H2,27,29,30). The van der Waals surface area contributed by atoms with Crippen LogP contribution >= 0.6 is 0 Å². The number of aromatic nitrogens is 2. The summed E-state index contributed by atoms with van der Waals surface area (Å²) in [6.07, 6.45) is 0.147. The number of guanidine groups is 1. The summed E-state index contributed by atoms with van der Waals surface area (Å²) in [5.41, 5.74) is 2.11. The third-order valence-corrected chi connectivity index (χ3v) is 4.65. The van der Waals surface area contributed by atoms with Crippen LogP contribution in [0.15, 0.2) is 72.0 Å². The van der Waals surface area contributed by atoms with E-state index in [1.165, 1.54) is 17.7 Å². The Morgan fingerprint density at radius 3 is 2.47 bits per heavy atom. The number of benzene rings is 2. The molecule has 2 aromatic carbocycles. The van der Waals surface area contributed by atoms with Gasteiger partial charge in [-0.2, -0.15) is 13.2 Å². The van der Waals surface area contributed by atoms with Gasteiger partial charge in [0.1, 0.15) is 11.6 Å². The third kappa shape index (κ3) is 7.64. The minimum absolute atomic E-state index is 0.180. The SMILES string of the molecule is CN=C(NCCc1nccn1Cc1ccccc1)NCc1ccc(OCC(F)(F)F)cc1. The molecule has 0 atom stereocenters. The zero-order valence-corrected chi connectivity index (χ0v) is 17.8. The van der Waals surface area contributed by atoms with E-state index in [2.05, 4.69) is 37.3 Å². The van der Waals surface area contributed by atoms with Gasteiger partial charge in [0.2, 0.25) is 0 Å². The Morgan fingerprint density at radius 2 is 1.78 bits per heavy atom. The Morgan fingerprint density at radius 1 is 1.03 bits per heavy atom. The quantitative estimate of drug-likeness (QED) is 0.389. The van der Waals surface area contributed by atoms with Crippen molar-refractivity contribution in [3.63, 3.8) is 0 Å². The van der Waals surface area contributed by atoms with Crippen molar-refractivity contribution in [2.45, 2.75) is 25.7 Å². The van der Waals surface area contributed by atoms with Crippen LogP contribution in [0.5, 0.6) is 5.75 Å². The van der Waals surface area contributed by atoms with Gasteiger partial charge in [-0.25, -0.2) is 4.98 Å². The second kappa shape index (κ2) is 11.2. The first-order valence-corrected chi connectivity index (χ1v) is 10.2. The average molecular weight is 445 g/mol. The molecule has 3 rings (SSSR count). The smallest absolute Gasteiger partial charge is 0.422 e. The van der Waals surface area contributed by atoms with Crippen molar-refractivity contribution in [1.82, 2.24) is 20.2 Å². The molecule has 0 fully saturated rings. The summed E-state index contributed by atoms with van der Waals surface area (Å²) in [6.45, 7) is 0.591. The number of rotatable bonds is 9. The number of hydrogen-bond donors (Lipinski definition) is 2. The van der Waals surface area contributed by atoms with Gasteiger partial charge in [0.05, 0.1) is 0 Å². The Bertz CT molecular complexity index is 985. The van der Waals surface area contributed by atoms with E-state index in [1.807, 2.05) is 24.4 Å². The van der Waals surface area contributed by atoms with E-state index in [0.29, 0.717) is 19.0 Å². The van der Waals surface area contributed by atoms with E-state index >= 15 is 0 Å². The Kier molecular flexibility index (Phi) is 8.13. The van der Waals surface area contributed by atoms with Gasteiger partial charge in [-0.3, -0.25) is 4.99 Å². The summed E-state index contributed by atoms with van der Waals surface area (Å²) in [5.74, 6) is 1.79. The van der Waals surface area contributed by atoms with Gasteiger partial charge in [-0.1, -0.05) is 42.5 Å². The molecular weight excluding hydrogens is 419 g/mol. The third-order valence-electron chi connectivity index (χ3n) is 4.65. The van der Waals surface area contributed by atoms with E-state index in [4.69, 9.17) is 4.74 Å². The molecule has 0 radical (unpaired) electrons. The number of hydrogen-bond acceptors (Lipinski definition) is 3. The number of ether oxygens (including phenoxy) is 1. The summed E-state index contributed by atoms with van der Waals surface area (Å²) in [7, 11) is 1.68. The minimum Gasteiger partial charge on any atom is -0.484 e. The lowest BCUT2D eigenvalue weighted by Gasteiger charge is -2.13. The second-order valence-electron chi connectivity index (χ2n) is 7.11. The van der Waals surface area contributed by atoms with Crippen molar-refractivity contribution in [3.05, 3.63) is 83.9 Å². The molecule has 0 saturated carbocycles. The average Bonchev–Trinajstić information content (AvgIpc) is 3.22. The van der Waals surface area contributed by atoms with Gasteiger partial charge in [0, 0.05) is 45.5 Å². The molecule has 0 unspecified atom stereocenters. The summed E-state index contributed by atoms with van der Waals surface area (Å²) in [5, 5.41) is 6.44. The predicted molar refractivity (Wildman–Crippen MR) is 118 cm³/mol. The number of halogens is 3. The fourth-order valence-electron chi connectivity index (χ4n) is 3.06. The van der Waals surface area contributed by atoms with Crippen LogP contribution in [-0.4, -0.2) is 41.9 Å². The zero-order valence-electron chi connectivity index (χ0n) is 17.8. The number of aliphatic imine (C=N–C) groups is 1. The summed E-state index contributed by atoms with van der Waals surface area (Å²) >= 11 is 0. The second-order valence-corrected chi connectivity index (χ2v) is 7.11. The van der Waals surface area contributed by atoms with Crippen LogP contribution in [0.2, 0.25) is 0 Å². The normalized spacial score (nSPS) is 11.9. The number of alkyl halides is 3. The lowest BCUT2D eigenvalue weighted by molar-refractivity contribution is -0.153. The van der Waals surface area contributed by atoms with E-state index in [0.717, 1.165) is 24.4 Å². The molecule has 32 heavy (non-hydrogen) atoms. The molecule has 1 aromatic heterocycles. The zero-order chi connectivity index (χ0) is 22.8. The summed E-state index contributed by atoms with van der Waals surface area (Å²) in [6, 6.07) is 16.7. The van der Waals surface area contributed by atoms with Gasteiger partial charge >= 0.3 is 6.18 Å². The number of nitrogens with zero attached hydrogens (tertiary/aromatic N) is 3. The predicted octanol–water partition coefficient (Wildman–Crippen LogP) is 3.78. The highest BCUT2D eigenvalue weighted by Gasteiger charge is 2.28. The van der Waals surface area contributed by atoms with Crippen molar-refractivity contribution in [2.75, 3.05) is 20.2 Å². The van der Waals surface area contributed by atoms with E-state index in [-0.39, 0.29) is 5.75 Å². The Balaban J connectivity index is 1.43. The molecule has 0 spiro atoms. The van der Waals surface area contributed by atoms with E-state index < -0.39 is 12.8 Å². The first-order chi connectivity index (χ1) is 15.4. The fraction of sp³-hybridized carbons (Fsp3) is 0.304. The van der Waals surface area contributed by atoms with Crippen molar-refractivity contribution < 1.29 is 17.9 Å². The molecule has 1 heterocycles. The van der Waals surface area contributed by atoms with Crippen LogP contribution in [-0.2, 0) is 19.5 Å². The van der Waals surface area contributed by atoms with Gasteiger partial charge < -0.3 is 19.9 Å². The first-order valence-electron chi connectivity index (χ1n) is 10.2. The van der Waals surface area contributed by atoms with Crippen LogP contribution in [0.4, 0.5) is 13.2 Å². The molecule has 0 bridgehead atoms. The molecule has 0 aliphatic heterocycles. The van der Waals surface area contributed by atoms with Gasteiger partial charge in [-0.15, -0.1) is 0 Å². The summed E-state index contributed by atoms with van der Waals surface area (Å²) < 4.78 is 43.5. The maximum absolute atomic E-state index is 12.2. The maximum atomic E-state index is 12.2. The molecule has 2 N–H and O–H groups in total. The lowest BCUT2D eigenvalue weighted by atomic mass is 10.2. The van der Waals surface area contributed by atoms with Crippen molar-refractivity contribution >= 4 is 5.96 Å². The molecule has 9 heteroatoms. The Labute approximate surface area is 185 Å². The number of nitrogens with one attached hydrogen (secondary N) is 2. The summed E-state index contributed by atoms with van der Waals surface area (Å²) in [4.78, 5) is 8.65. The maximum Gasteiger partial charge on any atom is 0.422 e. The van der Waals surface area contributed by atoms with Crippen LogP contribution in [0, 0.1) is 0 Å². The highest BCUT2D eigenvalue weighted by atomic mass is 19.4. The molecule has 3 aromatic rings. The van der Waals surface area contributed by atoms with Crippen LogP contribution in [0.25, 0.3) is 0 Å². The van der Waals surface area contributed by atoms with Crippen LogP contribution in [0.1, 0.15) is 17.0 Å². The van der Waals surface area contributed by atoms with Crippen LogP contribution < -0.4 is 15.4 Å². The minimum atomic E-state index is -4.35. The molecule has 0 amide bonds. The van der Waals surface area contributed by atoms with E-state index in [1.54, 1.807) is 25.4 Å². The van der Waals surface area contributed by atoms with Crippen molar-refractivity contribution in [2.24, 2.45) is 4.99 Å². The highest BCUT2D eigenvalue weighted by Crippen LogP contribution is 2.18. The van der Waals surface area contributed by atoms with Gasteiger partial charge in [0.15, 0.2) is 12.6 Å². The topological polar surface area (TPSA) is 63.5 Å². The van der Waals surface area contributed by atoms with Crippen molar-refractivity contribution in [1.29, 1.82) is 0 Å². The van der Waals surface area contributed by atoms with Crippen LogP contribution in [0.3, 0.4) is 0 Å². The lowest BCUT2D eigenvalue weighted by Crippen LogP contribution is -2.38. The molecule has 6 nitrogen and oxygen atoms in total. The molecular formula is C23H26F3N5O. The van der Waals surface area contributed by atoms with Crippen molar-refractivity contribution in [3.8, 4) is 5.75 Å². The first kappa shape index (κ1) is 23.2. The number of imidazole rings is 1. The van der Waals surface area contributed by atoms with Gasteiger partial charge in [0.25, 0.3) is 0 Å². The Hall–Kier alpha value is -3.49. The molecule has 0 saturated heterocycles. The van der Waals surface area contributed by atoms with Gasteiger partial charge in [-0.05, 0) is 23.3 Å².